The van der Waals surface area contributed by atoms with Gasteiger partial charge in [0.1, 0.15) is 10.6 Å². The Hall–Kier alpha value is -1.74. The molecule has 0 radical (unpaired) electrons. The first-order valence-electron chi connectivity index (χ1n) is 5.88. The molecule has 0 aliphatic heterocycles. The first-order chi connectivity index (χ1) is 9.83. The quantitative estimate of drug-likeness (QED) is 0.882. The predicted molar refractivity (Wildman–Crippen MR) is 80.8 cm³/mol. The van der Waals surface area contributed by atoms with Gasteiger partial charge in [0.2, 0.25) is 0 Å². The summed E-state index contributed by atoms with van der Waals surface area (Å²) in [7, 11) is -2.48. The molecule has 0 fully saturated rings. The van der Waals surface area contributed by atoms with Gasteiger partial charge in [-0.05, 0) is 32.0 Å². The molecule has 0 unspecified atom stereocenters. The monoisotopic (exact) mass is 372 g/mol. The number of nitrogens with one attached hydrogen (secondary N) is 1. The summed E-state index contributed by atoms with van der Waals surface area (Å²) in [4.78, 5) is 4.03. The van der Waals surface area contributed by atoms with E-state index in [4.69, 9.17) is 4.74 Å². The zero-order valence-electron chi connectivity index (χ0n) is 11.6. The molecule has 0 amide bonds. The summed E-state index contributed by atoms with van der Waals surface area (Å²) in [6.45, 7) is 3.46. The standard InChI is InChI=1S/C12H13BrN4O3S/c1-7-8(2)15-16-12(14-7)17-21(18,19)11-6-9(13)4-5-10(11)20-3/h4-6H,1-3H3,(H,14,16,17). The highest BCUT2D eigenvalue weighted by Crippen LogP contribution is 2.28. The maximum absolute atomic E-state index is 12.4. The number of benzene rings is 1. The van der Waals surface area contributed by atoms with Crippen LogP contribution in [0.3, 0.4) is 0 Å². The Kier molecular flexibility index (Phi) is 4.43. The molecule has 0 aliphatic carbocycles. The highest BCUT2D eigenvalue weighted by atomic mass is 79.9. The molecule has 1 aromatic heterocycles. The number of halogens is 1. The first kappa shape index (κ1) is 15.6. The Labute approximate surface area is 131 Å². The van der Waals surface area contributed by atoms with Crippen molar-refractivity contribution in [3.05, 3.63) is 34.1 Å². The molecule has 112 valence electrons. The number of methoxy groups -OCH3 is 1. The van der Waals surface area contributed by atoms with Crippen molar-refractivity contribution in [3.8, 4) is 5.75 Å². The van der Waals surface area contributed by atoms with E-state index in [1.54, 1.807) is 26.0 Å². The van der Waals surface area contributed by atoms with Gasteiger partial charge in [-0.2, -0.15) is 5.10 Å². The van der Waals surface area contributed by atoms with Gasteiger partial charge in [0.15, 0.2) is 0 Å². The fourth-order valence-electron chi connectivity index (χ4n) is 1.54. The molecule has 1 heterocycles. The summed E-state index contributed by atoms with van der Waals surface area (Å²) in [5, 5.41) is 7.56. The molecular weight excluding hydrogens is 360 g/mol. The van der Waals surface area contributed by atoms with Crippen molar-refractivity contribution in [2.24, 2.45) is 0 Å². The number of hydrogen-bond donors (Lipinski definition) is 1. The van der Waals surface area contributed by atoms with Gasteiger partial charge in [0.25, 0.3) is 16.0 Å². The van der Waals surface area contributed by atoms with Gasteiger partial charge >= 0.3 is 0 Å². The van der Waals surface area contributed by atoms with E-state index in [0.717, 1.165) is 0 Å². The van der Waals surface area contributed by atoms with Crippen LogP contribution in [0.4, 0.5) is 5.95 Å². The molecule has 0 saturated carbocycles. The van der Waals surface area contributed by atoms with Gasteiger partial charge in [-0.15, -0.1) is 5.10 Å². The van der Waals surface area contributed by atoms with E-state index in [1.165, 1.54) is 13.2 Å². The van der Waals surface area contributed by atoms with Crippen molar-refractivity contribution in [3.63, 3.8) is 0 Å². The second-order valence-electron chi connectivity index (χ2n) is 4.21. The number of rotatable bonds is 4. The minimum absolute atomic E-state index is 0.0128. The van der Waals surface area contributed by atoms with Crippen molar-refractivity contribution in [1.29, 1.82) is 0 Å². The van der Waals surface area contributed by atoms with E-state index < -0.39 is 10.0 Å². The number of nitrogens with zero attached hydrogens (tertiary/aromatic N) is 3. The molecule has 0 bridgehead atoms. The highest BCUT2D eigenvalue weighted by molar-refractivity contribution is 9.10. The third-order valence-electron chi connectivity index (χ3n) is 2.73. The average molecular weight is 373 g/mol. The fourth-order valence-corrected chi connectivity index (χ4v) is 3.18. The van der Waals surface area contributed by atoms with Crippen LogP contribution in [0.15, 0.2) is 27.6 Å². The zero-order valence-corrected chi connectivity index (χ0v) is 14.0. The molecule has 0 atom stereocenters. The van der Waals surface area contributed by atoms with Crippen LogP contribution >= 0.6 is 15.9 Å². The van der Waals surface area contributed by atoms with E-state index in [0.29, 0.717) is 15.9 Å². The van der Waals surface area contributed by atoms with Crippen LogP contribution in [-0.4, -0.2) is 30.7 Å². The minimum Gasteiger partial charge on any atom is -0.495 e. The lowest BCUT2D eigenvalue weighted by molar-refractivity contribution is 0.402. The van der Waals surface area contributed by atoms with Crippen LogP contribution in [0, 0.1) is 13.8 Å². The highest BCUT2D eigenvalue weighted by Gasteiger charge is 2.21. The lowest BCUT2D eigenvalue weighted by Crippen LogP contribution is -2.17. The lowest BCUT2D eigenvalue weighted by atomic mass is 10.3. The molecule has 0 aliphatic rings. The lowest BCUT2D eigenvalue weighted by Gasteiger charge is -2.11. The van der Waals surface area contributed by atoms with E-state index in [-0.39, 0.29) is 16.6 Å². The van der Waals surface area contributed by atoms with Gasteiger partial charge in [0.05, 0.1) is 18.5 Å². The van der Waals surface area contributed by atoms with Crippen LogP contribution in [0.25, 0.3) is 0 Å². The van der Waals surface area contributed by atoms with Gasteiger partial charge < -0.3 is 4.74 Å². The van der Waals surface area contributed by atoms with Crippen molar-refractivity contribution in [1.82, 2.24) is 15.2 Å². The van der Waals surface area contributed by atoms with Crippen LogP contribution < -0.4 is 9.46 Å². The summed E-state index contributed by atoms with van der Waals surface area (Å²) in [5.74, 6) is 0.141. The van der Waals surface area contributed by atoms with Crippen molar-refractivity contribution in [2.75, 3.05) is 11.8 Å². The van der Waals surface area contributed by atoms with E-state index in [2.05, 4.69) is 35.8 Å². The van der Waals surface area contributed by atoms with Gasteiger partial charge in [0, 0.05) is 4.47 Å². The largest absolute Gasteiger partial charge is 0.495 e. The molecule has 1 N–H and O–H groups in total. The van der Waals surface area contributed by atoms with Gasteiger partial charge in [-0.25, -0.2) is 18.1 Å². The van der Waals surface area contributed by atoms with E-state index in [9.17, 15) is 8.42 Å². The van der Waals surface area contributed by atoms with Crippen LogP contribution in [-0.2, 0) is 10.0 Å². The summed E-state index contributed by atoms with van der Waals surface area (Å²) in [5.41, 5.74) is 1.24. The Morgan fingerprint density at radius 1 is 1.19 bits per heavy atom. The normalized spacial score (nSPS) is 11.2. The SMILES string of the molecule is COc1ccc(Br)cc1S(=O)(=O)Nc1nnc(C)c(C)n1. The Balaban J connectivity index is 2.42. The van der Waals surface area contributed by atoms with Crippen molar-refractivity contribution >= 4 is 31.9 Å². The molecule has 0 saturated heterocycles. The number of sulfonamides is 1. The maximum Gasteiger partial charge on any atom is 0.267 e. The number of ether oxygens (including phenoxy) is 1. The predicted octanol–water partition coefficient (Wildman–Crippen LogP) is 2.06. The molecule has 2 aromatic rings. The zero-order chi connectivity index (χ0) is 15.6. The minimum atomic E-state index is -3.88. The molecule has 7 nitrogen and oxygen atoms in total. The maximum atomic E-state index is 12.4. The van der Waals surface area contributed by atoms with E-state index in [1.807, 2.05) is 0 Å². The Morgan fingerprint density at radius 3 is 2.52 bits per heavy atom. The summed E-state index contributed by atoms with van der Waals surface area (Å²) in [6.07, 6.45) is 0. The summed E-state index contributed by atoms with van der Waals surface area (Å²) >= 11 is 3.23. The van der Waals surface area contributed by atoms with Crippen molar-refractivity contribution in [2.45, 2.75) is 18.7 Å². The van der Waals surface area contributed by atoms with Crippen LogP contribution in [0.5, 0.6) is 5.75 Å². The van der Waals surface area contributed by atoms with Gasteiger partial charge in [-0.3, -0.25) is 0 Å². The molecule has 0 spiro atoms. The van der Waals surface area contributed by atoms with E-state index >= 15 is 0 Å². The third-order valence-corrected chi connectivity index (χ3v) is 4.58. The number of aromatic nitrogens is 3. The smallest absolute Gasteiger partial charge is 0.267 e. The second kappa shape index (κ2) is 5.94. The fraction of sp³-hybridized carbons (Fsp3) is 0.250. The van der Waals surface area contributed by atoms with Crippen LogP contribution in [0.2, 0.25) is 0 Å². The topological polar surface area (TPSA) is 94.1 Å². The molecular formula is C12H13BrN4O3S. The number of hydrogen-bond acceptors (Lipinski definition) is 6. The Bertz CT molecular complexity index is 780. The molecule has 1 aromatic carbocycles. The third kappa shape index (κ3) is 3.48. The second-order valence-corrected chi connectivity index (χ2v) is 6.77. The molecule has 21 heavy (non-hydrogen) atoms. The molecule has 9 heteroatoms. The summed E-state index contributed by atoms with van der Waals surface area (Å²) in [6, 6.07) is 4.68. The average Bonchev–Trinajstić information content (AvgIpc) is 2.42. The number of aryl methyl sites for hydroxylation is 2. The van der Waals surface area contributed by atoms with Crippen LogP contribution in [0.1, 0.15) is 11.4 Å². The molecule has 2 rings (SSSR count). The van der Waals surface area contributed by atoms with Crippen molar-refractivity contribution < 1.29 is 13.2 Å². The number of anilines is 1. The van der Waals surface area contributed by atoms with Gasteiger partial charge in [-0.1, -0.05) is 15.9 Å². The summed E-state index contributed by atoms with van der Waals surface area (Å²) < 4.78 is 32.8. The first-order valence-corrected chi connectivity index (χ1v) is 8.15. The Morgan fingerprint density at radius 2 is 1.90 bits per heavy atom.